The van der Waals surface area contributed by atoms with Crippen molar-refractivity contribution in [3.05, 3.63) is 0 Å². The van der Waals surface area contributed by atoms with Crippen LogP contribution in [-0.2, 0) is 0 Å². The van der Waals surface area contributed by atoms with Gasteiger partial charge in [0.1, 0.15) is 0 Å². The van der Waals surface area contributed by atoms with Gasteiger partial charge in [-0.1, -0.05) is 341 Å². The lowest BCUT2D eigenvalue weighted by Gasteiger charge is -2.47. The van der Waals surface area contributed by atoms with Gasteiger partial charge in [-0.3, -0.25) is 0 Å². The van der Waals surface area contributed by atoms with Crippen LogP contribution in [0, 0.1) is 104 Å². The molecule has 0 bridgehead atoms. The molecule has 0 aromatic rings. The van der Waals surface area contributed by atoms with Gasteiger partial charge >= 0.3 is 0 Å². The van der Waals surface area contributed by atoms with E-state index in [0.717, 1.165) is 76.9 Å². The van der Waals surface area contributed by atoms with E-state index in [4.69, 9.17) is 0 Å². The fourth-order valence-corrected chi connectivity index (χ4v) is 13.4. The topological polar surface area (TPSA) is 0 Å². The Balaban J connectivity index is 0. The van der Waals surface area contributed by atoms with Crippen LogP contribution in [0.15, 0.2) is 0 Å². The summed E-state index contributed by atoms with van der Waals surface area (Å²) in [7, 11) is 0. The first-order chi connectivity index (χ1) is 34.6. The van der Waals surface area contributed by atoms with Gasteiger partial charge < -0.3 is 0 Å². The summed E-state index contributed by atoms with van der Waals surface area (Å²) in [5.74, 6) is 12.8. The van der Waals surface area contributed by atoms with Crippen molar-refractivity contribution in [3.8, 4) is 0 Å². The highest BCUT2D eigenvalue weighted by molar-refractivity contribution is 4.90. The summed E-state index contributed by atoms with van der Waals surface area (Å²) in [4.78, 5) is 0. The largest absolute Gasteiger partial charge is 0.0654 e. The van der Waals surface area contributed by atoms with Crippen LogP contribution in [-0.4, -0.2) is 0 Å². The minimum atomic E-state index is 0.550. The molecule has 7 fully saturated rings. The molecule has 454 valence electrons. The smallest absolute Gasteiger partial charge is 0.0323 e. The van der Waals surface area contributed by atoms with Crippen molar-refractivity contribution in [1.82, 2.24) is 0 Å². The molecule has 7 aliphatic rings. The third-order valence-electron chi connectivity index (χ3n) is 22.5. The third-order valence-corrected chi connectivity index (χ3v) is 22.5. The van der Waals surface area contributed by atoms with E-state index in [9.17, 15) is 0 Å². The summed E-state index contributed by atoms with van der Waals surface area (Å²) in [6.45, 7) is 63.5. The van der Waals surface area contributed by atoms with Gasteiger partial charge in [0.05, 0.1) is 0 Å². The highest BCUT2D eigenvalue weighted by Gasteiger charge is 2.40. The first-order valence-electron chi connectivity index (χ1n) is 34.6. The van der Waals surface area contributed by atoms with Gasteiger partial charge in [0.15, 0.2) is 0 Å². The van der Waals surface area contributed by atoms with Gasteiger partial charge in [-0.05, 0) is 143 Å². The molecule has 0 heterocycles. The molecule has 0 aromatic carbocycles. The van der Waals surface area contributed by atoms with Crippen LogP contribution in [0.4, 0.5) is 0 Å². The van der Waals surface area contributed by atoms with Gasteiger partial charge in [0.2, 0.25) is 0 Å². The molecule has 0 N–H and O–H groups in total. The average molecular weight is 1060 g/mol. The van der Waals surface area contributed by atoms with Gasteiger partial charge in [0.25, 0.3) is 0 Å². The van der Waals surface area contributed by atoms with E-state index in [0.29, 0.717) is 27.1 Å². The first-order valence-corrected chi connectivity index (χ1v) is 34.6. The maximum absolute atomic E-state index is 2.42. The van der Waals surface area contributed by atoms with E-state index in [1.165, 1.54) is 193 Å². The molecule has 0 amide bonds. The van der Waals surface area contributed by atoms with Crippen LogP contribution >= 0.6 is 0 Å². The van der Waals surface area contributed by atoms with Crippen molar-refractivity contribution in [1.29, 1.82) is 0 Å². The predicted molar refractivity (Wildman–Crippen MR) is 349 cm³/mol. The van der Waals surface area contributed by atoms with E-state index < -0.39 is 0 Å². The lowest BCUT2D eigenvalue weighted by Crippen LogP contribution is -2.38. The molecule has 0 aromatic heterocycles. The Morgan fingerprint density at radius 3 is 0.947 bits per heavy atom. The van der Waals surface area contributed by atoms with Gasteiger partial charge in [-0.15, -0.1) is 0 Å². The summed E-state index contributed by atoms with van der Waals surface area (Å²) in [5.41, 5.74) is 2.99. The summed E-state index contributed by atoms with van der Waals surface area (Å²) >= 11 is 0. The second-order valence-electron chi connectivity index (χ2n) is 32.6. The fourth-order valence-electron chi connectivity index (χ4n) is 13.4. The van der Waals surface area contributed by atoms with Gasteiger partial charge in [0, 0.05) is 0 Å². The summed E-state index contributed by atoms with van der Waals surface area (Å²) < 4.78 is 0. The Morgan fingerprint density at radius 1 is 0.387 bits per heavy atom. The number of hydrogen-bond acceptors (Lipinski definition) is 0. The number of hydrogen-bond donors (Lipinski definition) is 0. The van der Waals surface area contributed by atoms with Crippen LogP contribution < -0.4 is 0 Å². The zero-order chi connectivity index (χ0) is 58.2. The van der Waals surface area contributed by atoms with E-state index in [1.807, 2.05) is 0 Å². The van der Waals surface area contributed by atoms with E-state index in [2.05, 4.69) is 187 Å². The molecule has 0 radical (unpaired) electrons. The fraction of sp³-hybridized carbons (Fsp3) is 1.00. The quantitative estimate of drug-likeness (QED) is 0.249. The Kier molecular flexibility index (Phi) is 41.3. The van der Waals surface area contributed by atoms with E-state index in [1.54, 1.807) is 0 Å². The Morgan fingerprint density at radius 2 is 0.733 bits per heavy atom. The second-order valence-corrected chi connectivity index (χ2v) is 32.6. The highest BCUT2D eigenvalue weighted by atomic mass is 14.5. The Labute approximate surface area is 481 Å². The van der Waals surface area contributed by atoms with E-state index in [-0.39, 0.29) is 0 Å². The SMILES string of the molecule is CC(C)C1CCC1.CC(C)C1CCCC1.CC1C(C)(C)CCCC1(C)C.CC1CCC(C)(C)CC1.CC1CCCC(C)C1C.CC1CCCC[C@H]1C.CCC(CC)CC.CCCC(C)(C)C.C[C@@H]1CCCCC1(C)C. The lowest BCUT2D eigenvalue weighted by atomic mass is 9.58. The van der Waals surface area contributed by atoms with Crippen LogP contribution in [0.5, 0.6) is 0 Å². The maximum atomic E-state index is 2.42. The molecule has 7 aliphatic carbocycles. The van der Waals surface area contributed by atoms with Crippen molar-refractivity contribution in [2.75, 3.05) is 0 Å². The average Bonchev–Trinajstić information content (AvgIpc) is 3.86. The third kappa shape index (κ3) is 36.9. The van der Waals surface area contributed by atoms with Crippen molar-refractivity contribution in [2.45, 2.75) is 380 Å². The zero-order valence-electron chi connectivity index (χ0n) is 58.2. The maximum Gasteiger partial charge on any atom is -0.0323 e. The van der Waals surface area contributed by atoms with Crippen LogP contribution in [0.3, 0.4) is 0 Å². The molecule has 75 heavy (non-hydrogen) atoms. The molecule has 0 spiro atoms. The molecule has 0 heteroatoms. The summed E-state index contributed by atoms with van der Waals surface area (Å²) in [6.07, 6.45) is 43.3. The molecule has 7 saturated carbocycles. The van der Waals surface area contributed by atoms with E-state index >= 15 is 0 Å². The van der Waals surface area contributed by atoms with Crippen molar-refractivity contribution in [2.24, 2.45) is 104 Å². The molecular weight excluding hydrogens is 901 g/mol. The minimum absolute atomic E-state index is 0.550. The Bertz CT molecular complexity index is 1210. The molecule has 5 atom stereocenters. The van der Waals surface area contributed by atoms with Crippen molar-refractivity contribution in [3.63, 3.8) is 0 Å². The monoisotopic (exact) mass is 1060 g/mol. The van der Waals surface area contributed by atoms with Gasteiger partial charge in [-0.2, -0.15) is 0 Å². The summed E-state index contributed by atoms with van der Waals surface area (Å²) in [5, 5.41) is 0. The molecule has 0 nitrogen and oxygen atoms in total. The van der Waals surface area contributed by atoms with Crippen LogP contribution in [0.25, 0.3) is 0 Å². The molecule has 0 saturated heterocycles. The molecule has 0 aliphatic heterocycles. The van der Waals surface area contributed by atoms with Crippen LogP contribution in [0.2, 0.25) is 0 Å². The highest BCUT2D eigenvalue weighted by Crippen LogP contribution is 2.50. The molecule has 3 unspecified atom stereocenters. The number of rotatable bonds is 6. The first kappa shape index (κ1) is 77.1. The predicted octanol–water partition coefficient (Wildman–Crippen LogP) is 27.2. The lowest BCUT2D eigenvalue weighted by molar-refractivity contribution is 0.0286. The summed E-state index contributed by atoms with van der Waals surface area (Å²) in [6, 6.07) is 0. The molecular formula is C75H154. The van der Waals surface area contributed by atoms with Gasteiger partial charge in [-0.25, -0.2) is 0 Å². The molecule has 7 rings (SSSR count). The second kappa shape index (κ2) is 40.2. The van der Waals surface area contributed by atoms with Crippen LogP contribution in [0.1, 0.15) is 380 Å². The van der Waals surface area contributed by atoms with Crippen molar-refractivity contribution < 1.29 is 0 Å². The normalized spacial score (nSPS) is 28.2. The Hall–Kier alpha value is 0. The van der Waals surface area contributed by atoms with Crippen molar-refractivity contribution >= 4 is 0 Å². The standard InChI is InChI=1S/C11H22.3C9H18.2C8H16.C7H14.2C7H16/c1-9-10(2,3)7-6-8-11(9,4)5;1-8-4-6-9(2,3)7-5-8;1-8-6-4-5-7-9(8,2)3;1-7-5-4-6-8(2)9(7)3;1-7-5-3-4-6-8(7)2;1-7(2)8-5-3-4-6-8;1-6(2)7-4-3-5-7;1-5-6-7(2,3)4;1-4-7(5-2)6-3/h9H,6-8H2,1-5H3;2*8H,4-7H2,1-3H3;7-9H,4-6H2,1-3H3;2*7-8H,3-6H2,1-2H3;6-7H,3-5H2,1-2H3;5-6H2,1-4H3;7H,4-6H2,1-3H3/t;;8-;;7-,8?;;;;/m..1.1..../s1. The minimum Gasteiger partial charge on any atom is -0.0654 e. The zero-order valence-corrected chi connectivity index (χ0v) is 58.2.